The number of sulfone groups is 1. The van der Waals surface area contributed by atoms with Crippen molar-refractivity contribution < 1.29 is 17.9 Å². The number of nitrogens with zero attached hydrogens (tertiary/aromatic N) is 2. The second-order valence-corrected chi connectivity index (χ2v) is 9.49. The number of aromatic nitrogens is 2. The van der Waals surface area contributed by atoms with Crippen LogP contribution in [0, 0.1) is 0 Å². The number of amides is 1. The highest BCUT2D eigenvalue weighted by atomic mass is 32.2. The third kappa shape index (κ3) is 4.22. The fourth-order valence-corrected chi connectivity index (χ4v) is 4.19. The number of rotatable bonds is 6. The molecule has 8 heteroatoms. The van der Waals surface area contributed by atoms with E-state index in [9.17, 15) is 13.2 Å². The van der Waals surface area contributed by atoms with Crippen molar-refractivity contribution in [1.29, 1.82) is 0 Å². The highest BCUT2D eigenvalue weighted by Gasteiger charge is 2.21. The molecule has 0 unspecified atom stereocenters. The van der Waals surface area contributed by atoms with E-state index >= 15 is 0 Å². The Morgan fingerprint density at radius 2 is 2.00 bits per heavy atom. The minimum absolute atomic E-state index is 0.134. The number of carbonyl (C=O) groups excluding carboxylic acids is 1. The van der Waals surface area contributed by atoms with E-state index in [2.05, 4.69) is 10.4 Å². The van der Waals surface area contributed by atoms with Gasteiger partial charge in [0.1, 0.15) is 0 Å². The van der Waals surface area contributed by atoms with Crippen molar-refractivity contribution in [3.05, 3.63) is 46.8 Å². The van der Waals surface area contributed by atoms with E-state index in [1.807, 2.05) is 11.7 Å². The molecule has 2 aromatic rings. The van der Waals surface area contributed by atoms with Crippen LogP contribution in [0.4, 0.5) is 0 Å². The summed E-state index contributed by atoms with van der Waals surface area (Å²) in [6.45, 7) is 4.88. The van der Waals surface area contributed by atoms with Crippen molar-refractivity contribution in [3.8, 4) is 0 Å². The zero-order valence-corrected chi connectivity index (χ0v) is 16.7. The first kappa shape index (κ1) is 19.6. The van der Waals surface area contributed by atoms with E-state index < -0.39 is 15.1 Å². The van der Waals surface area contributed by atoms with E-state index in [4.69, 9.17) is 4.74 Å². The highest BCUT2D eigenvalue weighted by molar-refractivity contribution is 7.92. The molecule has 1 aliphatic heterocycles. The van der Waals surface area contributed by atoms with Crippen LogP contribution in [-0.2, 0) is 52.4 Å². The monoisotopic (exact) mass is 391 g/mol. The third-order valence-electron chi connectivity index (χ3n) is 4.78. The molecule has 0 bridgehead atoms. The molecule has 0 aliphatic carbocycles. The molecule has 27 heavy (non-hydrogen) atoms. The molecule has 7 nitrogen and oxygen atoms in total. The maximum absolute atomic E-state index is 12.3. The van der Waals surface area contributed by atoms with Crippen LogP contribution in [0.3, 0.4) is 0 Å². The van der Waals surface area contributed by atoms with Crippen molar-refractivity contribution in [1.82, 2.24) is 15.1 Å². The lowest BCUT2D eigenvalue weighted by atomic mass is 10.1. The molecule has 1 amide bonds. The van der Waals surface area contributed by atoms with Crippen molar-refractivity contribution in [2.75, 3.05) is 6.61 Å². The van der Waals surface area contributed by atoms with Gasteiger partial charge in [0, 0.05) is 24.7 Å². The van der Waals surface area contributed by atoms with Gasteiger partial charge in [-0.1, -0.05) is 12.1 Å². The fraction of sp³-hybridized carbons (Fsp3) is 0.474. The summed E-state index contributed by atoms with van der Waals surface area (Å²) in [5, 5.41) is 6.89. The molecule has 1 aliphatic rings. The van der Waals surface area contributed by atoms with Crippen LogP contribution in [0.15, 0.2) is 29.2 Å². The largest absolute Gasteiger partial charge is 0.376 e. The Kier molecular flexibility index (Phi) is 5.67. The molecular formula is C19H25N3O4S. The molecule has 0 saturated heterocycles. The first-order valence-corrected chi connectivity index (χ1v) is 10.5. The summed E-state index contributed by atoms with van der Waals surface area (Å²) in [5.41, 5.74) is 3.82. The van der Waals surface area contributed by atoms with Gasteiger partial charge in [-0.25, -0.2) is 8.42 Å². The van der Waals surface area contributed by atoms with E-state index in [1.165, 1.54) is 0 Å². The van der Waals surface area contributed by atoms with Crippen LogP contribution >= 0.6 is 0 Å². The van der Waals surface area contributed by atoms with E-state index in [-0.39, 0.29) is 17.2 Å². The maximum atomic E-state index is 12.3. The average molecular weight is 391 g/mol. The van der Waals surface area contributed by atoms with E-state index in [0.29, 0.717) is 19.8 Å². The number of carbonyl (C=O) groups is 1. The smallest absolute Gasteiger partial charge is 0.224 e. The SMILES string of the molecule is CC(C)S(=O)(=O)c1ccc(CC(=O)NCc2nn(C)c3c2COCC3)cc1. The second kappa shape index (κ2) is 7.82. The third-order valence-corrected chi connectivity index (χ3v) is 6.95. The fourth-order valence-electron chi connectivity index (χ4n) is 3.13. The average Bonchev–Trinajstić information content (AvgIpc) is 2.97. The minimum Gasteiger partial charge on any atom is -0.376 e. The molecule has 0 spiro atoms. The molecule has 3 rings (SSSR count). The lowest BCUT2D eigenvalue weighted by molar-refractivity contribution is -0.120. The van der Waals surface area contributed by atoms with Crippen LogP contribution in [0.5, 0.6) is 0 Å². The molecule has 1 aromatic heterocycles. The van der Waals surface area contributed by atoms with Crippen LogP contribution in [-0.4, -0.2) is 36.0 Å². The molecule has 1 N–H and O–H groups in total. The molecular weight excluding hydrogens is 366 g/mol. The quantitative estimate of drug-likeness (QED) is 0.807. The maximum Gasteiger partial charge on any atom is 0.224 e. The van der Waals surface area contributed by atoms with Gasteiger partial charge in [0.25, 0.3) is 0 Å². The van der Waals surface area contributed by atoms with E-state index in [1.54, 1.807) is 38.1 Å². The summed E-state index contributed by atoms with van der Waals surface area (Å²) < 4.78 is 31.6. The number of fused-ring (bicyclic) bond motifs is 1. The number of nitrogens with one attached hydrogen (secondary N) is 1. The lowest BCUT2D eigenvalue weighted by Crippen LogP contribution is -2.25. The molecule has 0 radical (unpaired) electrons. The summed E-state index contributed by atoms with van der Waals surface area (Å²) in [7, 11) is -1.39. The number of hydrogen-bond acceptors (Lipinski definition) is 5. The van der Waals surface area contributed by atoms with Crippen molar-refractivity contribution in [2.24, 2.45) is 7.05 Å². The Labute approximate surface area is 159 Å². The predicted octanol–water partition coefficient (Wildman–Crippen LogP) is 1.53. The van der Waals surface area contributed by atoms with Gasteiger partial charge in [0.15, 0.2) is 9.84 Å². The normalized spacial score (nSPS) is 14.2. The Bertz CT molecular complexity index is 931. The minimum atomic E-state index is -3.30. The first-order valence-electron chi connectivity index (χ1n) is 9.00. The molecule has 146 valence electrons. The van der Waals surface area contributed by atoms with Gasteiger partial charge in [0.2, 0.25) is 5.91 Å². The highest BCUT2D eigenvalue weighted by Crippen LogP contribution is 2.20. The number of benzene rings is 1. The first-order chi connectivity index (χ1) is 12.8. The summed E-state index contributed by atoms with van der Waals surface area (Å²) in [6.07, 6.45) is 1.02. The van der Waals surface area contributed by atoms with Gasteiger partial charge in [-0.05, 0) is 31.5 Å². The molecule has 0 saturated carbocycles. The zero-order valence-electron chi connectivity index (χ0n) is 15.9. The second-order valence-electron chi connectivity index (χ2n) is 6.99. The van der Waals surface area contributed by atoms with Crippen molar-refractivity contribution in [2.45, 2.75) is 50.0 Å². The molecule has 0 fully saturated rings. The van der Waals surface area contributed by atoms with Crippen molar-refractivity contribution in [3.63, 3.8) is 0 Å². The van der Waals surface area contributed by atoms with Crippen LogP contribution in [0.1, 0.15) is 36.4 Å². The Hall–Kier alpha value is -2.19. The van der Waals surface area contributed by atoms with Gasteiger partial charge >= 0.3 is 0 Å². The summed E-state index contributed by atoms with van der Waals surface area (Å²) in [5.74, 6) is -0.134. The zero-order chi connectivity index (χ0) is 19.6. The number of hydrogen-bond donors (Lipinski definition) is 1. The topological polar surface area (TPSA) is 90.3 Å². The van der Waals surface area contributed by atoms with Gasteiger partial charge < -0.3 is 10.1 Å². The summed E-state index contributed by atoms with van der Waals surface area (Å²) >= 11 is 0. The van der Waals surface area contributed by atoms with Gasteiger partial charge in [-0.3, -0.25) is 9.48 Å². The Morgan fingerprint density at radius 3 is 2.67 bits per heavy atom. The summed E-state index contributed by atoms with van der Waals surface area (Å²) in [4.78, 5) is 12.5. The standard InChI is InChI=1S/C19H25N3O4S/c1-13(2)27(24,25)15-6-4-14(5-7-15)10-19(23)20-11-17-16-12-26-9-8-18(16)22(3)21-17/h4-7,13H,8-12H2,1-3H3,(H,20,23). The Balaban J connectivity index is 1.60. The molecule has 2 heterocycles. The number of aryl methyl sites for hydroxylation is 1. The van der Waals surface area contributed by atoms with Gasteiger partial charge in [-0.2, -0.15) is 5.10 Å². The van der Waals surface area contributed by atoms with Crippen LogP contribution < -0.4 is 5.32 Å². The van der Waals surface area contributed by atoms with E-state index in [0.717, 1.165) is 28.9 Å². The van der Waals surface area contributed by atoms with Crippen LogP contribution in [0.2, 0.25) is 0 Å². The lowest BCUT2D eigenvalue weighted by Gasteiger charge is -2.13. The predicted molar refractivity (Wildman–Crippen MR) is 101 cm³/mol. The van der Waals surface area contributed by atoms with Crippen LogP contribution in [0.25, 0.3) is 0 Å². The molecule has 1 aromatic carbocycles. The summed E-state index contributed by atoms with van der Waals surface area (Å²) in [6, 6.07) is 6.49. The molecule has 0 atom stereocenters. The van der Waals surface area contributed by atoms with Crippen molar-refractivity contribution >= 4 is 15.7 Å². The van der Waals surface area contributed by atoms with Gasteiger partial charge in [0.05, 0.1) is 42.0 Å². The number of ether oxygens (including phenoxy) is 1. The Morgan fingerprint density at radius 1 is 1.30 bits per heavy atom. The van der Waals surface area contributed by atoms with Gasteiger partial charge in [-0.15, -0.1) is 0 Å².